The predicted molar refractivity (Wildman–Crippen MR) is 130 cm³/mol. The van der Waals surface area contributed by atoms with Crippen molar-refractivity contribution in [3.8, 4) is 17.1 Å². The lowest BCUT2D eigenvalue weighted by Crippen LogP contribution is -2.54. The van der Waals surface area contributed by atoms with Crippen LogP contribution in [-0.4, -0.2) is 74.0 Å². The maximum Gasteiger partial charge on any atom is 0.417 e. The zero-order valence-electron chi connectivity index (χ0n) is 21.7. The molecule has 3 N–H and O–H groups in total. The van der Waals surface area contributed by atoms with Gasteiger partial charge in [0.25, 0.3) is 5.91 Å². The van der Waals surface area contributed by atoms with Gasteiger partial charge >= 0.3 is 6.18 Å². The monoisotopic (exact) mass is 553 g/mol. The molecule has 2 aromatic heterocycles. The number of aliphatic hydroxyl groups is 1. The van der Waals surface area contributed by atoms with Gasteiger partial charge in [-0.25, -0.2) is 9.37 Å². The number of halogens is 4. The van der Waals surface area contributed by atoms with E-state index in [4.69, 9.17) is 4.74 Å². The van der Waals surface area contributed by atoms with Crippen LogP contribution in [0.15, 0.2) is 12.3 Å². The van der Waals surface area contributed by atoms with Gasteiger partial charge in [0, 0.05) is 35.2 Å². The Bertz CT molecular complexity index is 1270. The Labute approximate surface area is 222 Å². The predicted octanol–water partition coefficient (Wildman–Crippen LogP) is 3.66. The highest BCUT2D eigenvalue weighted by Crippen LogP contribution is 2.51. The van der Waals surface area contributed by atoms with Gasteiger partial charge in [0.1, 0.15) is 5.69 Å². The molecular weight excluding hydrogens is 522 g/mol. The number of H-pyrrole nitrogens is 1. The standard InChI is InChI=1S/C26H31F4N5O4/c1-14-20(17(27)13-31-22(14)39-2)18-11-19(34-33-18)23(37)35-10-5-15(12-24(35)8-9-24)21(36)32-16-3-6-25(38,7-4-16)26(28,29)30/h11,13,15-16,38H,3-10,12H2,1-2H3,(H,32,36)(H,33,34)/t15-,16?,25?/m1/s1. The molecule has 3 heterocycles. The van der Waals surface area contributed by atoms with Crippen LogP contribution in [0.3, 0.4) is 0 Å². The smallest absolute Gasteiger partial charge is 0.417 e. The molecular formula is C26H31F4N5O4. The maximum absolute atomic E-state index is 14.6. The molecule has 9 nitrogen and oxygen atoms in total. The number of hydrogen-bond acceptors (Lipinski definition) is 6. The fourth-order valence-corrected chi connectivity index (χ4v) is 5.98. The van der Waals surface area contributed by atoms with Crippen molar-refractivity contribution in [3.63, 3.8) is 0 Å². The summed E-state index contributed by atoms with van der Waals surface area (Å²) in [6.07, 6.45) is -2.09. The normalized spacial score (nSPS) is 26.4. The summed E-state index contributed by atoms with van der Waals surface area (Å²) in [5.74, 6) is -1.22. The minimum absolute atomic E-state index is 0.0514. The van der Waals surface area contributed by atoms with Gasteiger partial charge in [-0.3, -0.25) is 14.7 Å². The number of likely N-dealkylation sites (tertiary alicyclic amines) is 1. The number of methoxy groups -OCH3 is 1. The number of aromatic nitrogens is 3. The largest absolute Gasteiger partial charge is 0.481 e. The Balaban J connectivity index is 1.22. The van der Waals surface area contributed by atoms with Crippen molar-refractivity contribution in [2.24, 2.45) is 5.92 Å². The van der Waals surface area contributed by atoms with Crippen LogP contribution in [0.5, 0.6) is 5.88 Å². The summed E-state index contributed by atoms with van der Waals surface area (Å²) in [6.45, 7) is 1.99. The Morgan fingerprint density at radius 2 is 1.90 bits per heavy atom. The lowest BCUT2D eigenvalue weighted by molar-refractivity contribution is -0.270. The van der Waals surface area contributed by atoms with E-state index in [9.17, 15) is 32.3 Å². The van der Waals surface area contributed by atoms with Crippen LogP contribution >= 0.6 is 0 Å². The number of piperidine rings is 1. The second-order valence-corrected chi connectivity index (χ2v) is 11.0. The second-order valence-electron chi connectivity index (χ2n) is 11.0. The second kappa shape index (κ2) is 9.76. The number of amides is 2. The molecule has 1 spiro atoms. The number of alkyl halides is 3. The van der Waals surface area contributed by atoms with E-state index in [-0.39, 0.29) is 53.4 Å². The molecule has 2 aromatic rings. The minimum Gasteiger partial charge on any atom is -0.481 e. The van der Waals surface area contributed by atoms with Crippen LogP contribution in [0.1, 0.15) is 67.4 Å². The van der Waals surface area contributed by atoms with Crippen molar-refractivity contribution in [3.05, 3.63) is 29.3 Å². The van der Waals surface area contributed by atoms with E-state index in [1.807, 2.05) is 0 Å². The highest BCUT2D eigenvalue weighted by atomic mass is 19.4. The van der Waals surface area contributed by atoms with E-state index in [0.717, 1.165) is 19.0 Å². The van der Waals surface area contributed by atoms with Gasteiger partial charge in [-0.2, -0.15) is 18.3 Å². The van der Waals surface area contributed by atoms with Crippen molar-refractivity contribution in [2.75, 3.05) is 13.7 Å². The Morgan fingerprint density at radius 3 is 2.51 bits per heavy atom. The summed E-state index contributed by atoms with van der Waals surface area (Å²) in [7, 11) is 1.43. The van der Waals surface area contributed by atoms with Gasteiger partial charge in [-0.05, 0) is 64.4 Å². The van der Waals surface area contributed by atoms with Gasteiger partial charge in [0.2, 0.25) is 11.8 Å². The van der Waals surface area contributed by atoms with Crippen molar-refractivity contribution in [1.29, 1.82) is 0 Å². The van der Waals surface area contributed by atoms with E-state index in [0.29, 0.717) is 24.9 Å². The van der Waals surface area contributed by atoms with Crippen LogP contribution in [0, 0.1) is 18.7 Å². The maximum atomic E-state index is 14.6. The molecule has 5 rings (SSSR count). The van der Waals surface area contributed by atoms with Crippen molar-refractivity contribution in [1.82, 2.24) is 25.4 Å². The van der Waals surface area contributed by atoms with E-state index in [1.54, 1.807) is 11.8 Å². The fourth-order valence-electron chi connectivity index (χ4n) is 5.98. The molecule has 1 aliphatic heterocycles. The molecule has 2 amide bonds. The molecule has 2 saturated carbocycles. The van der Waals surface area contributed by atoms with Gasteiger partial charge in [0.15, 0.2) is 11.4 Å². The molecule has 3 fully saturated rings. The number of pyridine rings is 1. The first-order valence-corrected chi connectivity index (χ1v) is 13.0. The average molecular weight is 554 g/mol. The van der Waals surface area contributed by atoms with Crippen LogP contribution in [0.2, 0.25) is 0 Å². The average Bonchev–Trinajstić information content (AvgIpc) is 3.47. The highest BCUT2D eigenvalue weighted by molar-refractivity contribution is 5.94. The third-order valence-electron chi connectivity index (χ3n) is 8.52. The van der Waals surface area contributed by atoms with Gasteiger partial charge in [-0.1, -0.05) is 0 Å². The first kappa shape index (κ1) is 27.4. The summed E-state index contributed by atoms with van der Waals surface area (Å²) in [5.41, 5.74) is -2.07. The molecule has 13 heteroatoms. The Morgan fingerprint density at radius 1 is 1.21 bits per heavy atom. The van der Waals surface area contributed by atoms with Crippen molar-refractivity contribution >= 4 is 11.8 Å². The molecule has 0 aromatic carbocycles. The topological polar surface area (TPSA) is 120 Å². The Kier molecular flexibility index (Phi) is 6.84. The fraction of sp³-hybridized carbons (Fsp3) is 0.615. The lowest BCUT2D eigenvalue weighted by Gasteiger charge is -2.41. The molecule has 0 radical (unpaired) electrons. The number of hydrogen-bond donors (Lipinski definition) is 3. The summed E-state index contributed by atoms with van der Waals surface area (Å²) in [4.78, 5) is 32.1. The summed E-state index contributed by atoms with van der Waals surface area (Å²) in [5, 5.41) is 19.6. The van der Waals surface area contributed by atoms with E-state index in [1.165, 1.54) is 13.2 Å². The number of carbonyl (C=O) groups excluding carboxylic acids is 2. The zero-order chi connectivity index (χ0) is 28.2. The number of rotatable bonds is 5. The van der Waals surface area contributed by atoms with Crippen LogP contribution < -0.4 is 10.1 Å². The van der Waals surface area contributed by atoms with Crippen molar-refractivity contribution in [2.45, 2.75) is 81.6 Å². The number of carbonyl (C=O) groups is 2. The molecule has 212 valence electrons. The number of nitrogens with one attached hydrogen (secondary N) is 2. The summed E-state index contributed by atoms with van der Waals surface area (Å²) in [6, 6.07) is 1.07. The first-order chi connectivity index (χ1) is 18.4. The lowest BCUT2D eigenvalue weighted by atomic mass is 9.81. The van der Waals surface area contributed by atoms with Gasteiger partial charge < -0.3 is 20.1 Å². The number of aromatic amines is 1. The van der Waals surface area contributed by atoms with E-state index >= 15 is 0 Å². The summed E-state index contributed by atoms with van der Waals surface area (Å²) >= 11 is 0. The van der Waals surface area contributed by atoms with E-state index < -0.39 is 42.0 Å². The third-order valence-corrected chi connectivity index (χ3v) is 8.52. The van der Waals surface area contributed by atoms with Crippen LogP contribution in [-0.2, 0) is 4.79 Å². The SMILES string of the molecule is COc1ncc(F)c(-c2cc(C(=O)N3CC[C@@H](C(=O)NC4CCC(O)(C(F)(F)F)CC4)CC34CC4)[nH]n2)c1C. The zero-order valence-corrected chi connectivity index (χ0v) is 21.7. The number of ether oxygens (including phenoxy) is 1. The summed E-state index contributed by atoms with van der Waals surface area (Å²) < 4.78 is 59.0. The Hall–Kier alpha value is -3.22. The van der Waals surface area contributed by atoms with Gasteiger partial charge in [0.05, 0.1) is 19.0 Å². The molecule has 0 bridgehead atoms. The highest BCUT2D eigenvalue weighted by Gasteiger charge is 2.56. The molecule has 3 aliphatic rings. The molecule has 1 saturated heterocycles. The van der Waals surface area contributed by atoms with Crippen LogP contribution in [0.4, 0.5) is 17.6 Å². The molecule has 0 unspecified atom stereocenters. The van der Waals surface area contributed by atoms with Crippen molar-refractivity contribution < 1.29 is 37.0 Å². The first-order valence-electron chi connectivity index (χ1n) is 13.0. The molecule has 1 atom stereocenters. The molecule has 39 heavy (non-hydrogen) atoms. The van der Waals surface area contributed by atoms with Crippen LogP contribution in [0.25, 0.3) is 11.3 Å². The third kappa shape index (κ3) is 4.96. The van der Waals surface area contributed by atoms with E-state index in [2.05, 4.69) is 20.5 Å². The number of nitrogens with zero attached hydrogens (tertiary/aromatic N) is 3. The minimum atomic E-state index is -4.69. The van der Waals surface area contributed by atoms with Gasteiger partial charge in [-0.15, -0.1) is 0 Å². The molecule has 2 aliphatic carbocycles. The quantitative estimate of drug-likeness (QED) is 0.486.